The van der Waals surface area contributed by atoms with Gasteiger partial charge in [-0.2, -0.15) is 21.6 Å². The van der Waals surface area contributed by atoms with Crippen LogP contribution in [0.5, 0.6) is 0 Å². The molecule has 0 aliphatic rings. The lowest BCUT2D eigenvalue weighted by Gasteiger charge is -2.21. The molecule has 4 nitrogen and oxygen atoms in total. The monoisotopic (exact) mass is 482 g/mol. The predicted octanol–water partition coefficient (Wildman–Crippen LogP) is 5.03. The third kappa shape index (κ3) is 4.10. The molecule has 1 aromatic heterocycles. The minimum atomic E-state index is -4.90. The summed E-state index contributed by atoms with van der Waals surface area (Å²) in [6.45, 7) is -0.479. The fourth-order valence-corrected chi connectivity index (χ4v) is 5.62. The molecule has 0 amide bonds. The van der Waals surface area contributed by atoms with Crippen LogP contribution in [-0.2, 0) is 22.9 Å². The maximum Gasteiger partial charge on any atom is 0.419 e. The first-order valence-corrected chi connectivity index (χ1v) is 10.4. The van der Waals surface area contributed by atoms with E-state index in [2.05, 4.69) is 15.9 Å². The molecule has 27 heavy (non-hydrogen) atoms. The molecular weight excluding hydrogens is 472 g/mol. The molecule has 3 rings (SSSR count). The summed E-state index contributed by atoms with van der Waals surface area (Å²) >= 11 is 4.44. The molecule has 0 spiro atoms. The standard InChI is InChI=1S/C16H11BrF4N2O2S2/c17-14-10-3-1-2-4-13(10)26-15(14)23(27(22,24)25)8-9-5-6-12(18)11(7-9)16(19,20)21/h1-7H,8H2,(H2,22,24,25). The van der Waals surface area contributed by atoms with E-state index in [1.54, 1.807) is 24.3 Å². The van der Waals surface area contributed by atoms with E-state index in [0.29, 0.717) is 16.6 Å². The van der Waals surface area contributed by atoms with Crippen LogP contribution in [0.1, 0.15) is 11.1 Å². The first-order chi connectivity index (χ1) is 12.5. The van der Waals surface area contributed by atoms with Gasteiger partial charge in [-0.1, -0.05) is 24.3 Å². The van der Waals surface area contributed by atoms with E-state index in [0.717, 1.165) is 31.8 Å². The Hall–Kier alpha value is -1.69. The molecule has 0 aliphatic heterocycles. The molecule has 2 aromatic carbocycles. The SMILES string of the molecule is NS(=O)(=O)N(Cc1ccc(F)c(C(F)(F)F)c1)c1sc2ccccc2c1Br. The second-order valence-corrected chi connectivity index (χ2v) is 8.88. The second kappa shape index (κ2) is 7.04. The van der Waals surface area contributed by atoms with Crippen molar-refractivity contribution in [2.45, 2.75) is 12.7 Å². The lowest BCUT2D eigenvalue weighted by molar-refractivity contribution is -0.140. The highest BCUT2D eigenvalue weighted by Crippen LogP contribution is 2.43. The average Bonchev–Trinajstić information content (AvgIpc) is 2.89. The van der Waals surface area contributed by atoms with Crippen LogP contribution in [0.25, 0.3) is 10.1 Å². The van der Waals surface area contributed by atoms with E-state index in [9.17, 15) is 26.0 Å². The number of nitrogens with two attached hydrogens (primary N) is 1. The maximum absolute atomic E-state index is 13.5. The Morgan fingerprint density at radius 2 is 1.81 bits per heavy atom. The van der Waals surface area contributed by atoms with Crippen molar-refractivity contribution in [1.82, 2.24) is 0 Å². The van der Waals surface area contributed by atoms with Crippen LogP contribution in [0, 0.1) is 5.82 Å². The van der Waals surface area contributed by atoms with Crippen LogP contribution in [0.2, 0.25) is 0 Å². The summed E-state index contributed by atoms with van der Waals surface area (Å²) < 4.78 is 78.5. The summed E-state index contributed by atoms with van der Waals surface area (Å²) in [7, 11) is -4.31. The van der Waals surface area contributed by atoms with Gasteiger partial charge < -0.3 is 0 Å². The van der Waals surface area contributed by atoms with Gasteiger partial charge in [0.05, 0.1) is 16.6 Å². The van der Waals surface area contributed by atoms with Crippen molar-refractivity contribution in [3.63, 3.8) is 0 Å². The number of nitrogens with zero attached hydrogens (tertiary/aromatic N) is 1. The Balaban J connectivity index is 2.09. The smallest absolute Gasteiger partial charge is 0.243 e. The second-order valence-electron chi connectivity index (χ2n) is 5.58. The fourth-order valence-electron chi connectivity index (χ4n) is 2.49. The molecule has 11 heteroatoms. The van der Waals surface area contributed by atoms with Crippen LogP contribution in [-0.4, -0.2) is 8.42 Å². The maximum atomic E-state index is 13.5. The molecule has 0 radical (unpaired) electrons. The zero-order chi connectivity index (χ0) is 20.0. The Morgan fingerprint density at radius 3 is 2.41 bits per heavy atom. The van der Waals surface area contributed by atoms with Gasteiger partial charge in [0.25, 0.3) is 10.2 Å². The van der Waals surface area contributed by atoms with Crippen molar-refractivity contribution in [2.75, 3.05) is 4.31 Å². The summed E-state index contributed by atoms with van der Waals surface area (Å²) in [6, 6.07) is 9.39. The molecule has 0 bridgehead atoms. The van der Waals surface area contributed by atoms with Gasteiger partial charge in [-0.3, -0.25) is 0 Å². The molecule has 0 atom stereocenters. The van der Waals surface area contributed by atoms with Gasteiger partial charge in [0.15, 0.2) is 0 Å². The van der Waals surface area contributed by atoms with Gasteiger partial charge in [-0.05, 0) is 39.7 Å². The number of halogens is 5. The van der Waals surface area contributed by atoms with E-state index in [1.165, 1.54) is 0 Å². The van der Waals surface area contributed by atoms with Gasteiger partial charge >= 0.3 is 6.18 Å². The Morgan fingerprint density at radius 1 is 1.15 bits per heavy atom. The summed E-state index contributed by atoms with van der Waals surface area (Å²) in [4.78, 5) is 0. The predicted molar refractivity (Wildman–Crippen MR) is 100 cm³/mol. The molecule has 0 saturated carbocycles. The normalized spacial score (nSPS) is 12.5. The molecule has 1 heterocycles. The van der Waals surface area contributed by atoms with E-state index in [1.807, 2.05) is 0 Å². The van der Waals surface area contributed by atoms with Crippen LogP contribution in [0.3, 0.4) is 0 Å². The first kappa shape index (κ1) is 20.1. The van der Waals surface area contributed by atoms with Gasteiger partial charge in [0.1, 0.15) is 10.8 Å². The summed E-state index contributed by atoms with van der Waals surface area (Å²) in [5, 5.41) is 6.25. The van der Waals surface area contributed by atoms with E-state index >= 15 is 0 Å². The lowest BCUT2D eigenvalue weighted by Crippen LogP contribution is -2.36. The molecule has 0 unspecified atom stereocenters. The molecule has 0 saturated heterocycles. The summed E-state index contributed by atoms with van der Waals surface area (Å²) in [5.41, 5.74) is -1.52. The van der Waals surface area contributed by atoms with Crippen molar-refractivity contribution >= 4 is 52.6 Å². The number of hydrogen-bond donors (Lipinski definition) is 1. The summed E-state index contributed by atoms with van der Waals surface area (Å²) in [6.07, 6.45) is -4.90. The van der Waals surface area contributed by atoms with Crippen LogP contribution in [0.4, 0.5) is 22.6 Å². The third-order valence-electron chi connectivity index (χ3n) is 3.71. The van der Waals surface area contributed by atoms with Crippen LogP contribution >= 0.6 is 27.3 Å². The van der Waals surface area contributed by atoms with E-state index in [4.69, 9.17) is 5.14 Å². The zero-order valence-corrected chi connectivity index (χ0v) is 16.5. The van der Waals surface area contributed by atoms with Crippen molar-refractivity contribution in [3.05, 3.63) is 63.9 Å². The number of alkyl halides is 3. The highest BCUT2D eigenvalue weighted by atomic mass is 79.9. The number of rotatable bonds is 4. The number of fused-ring (bicyclic) bond motifs is 1. The van der Waals surface area contributed by atoms with Gasteiger partial charge in [-0.25, -0.2) is 13.8 Å². The molecular formula is C16H11BrF4N2O2S2. The van der Waals surface area contributed by atoms with Crippen molar-refractivity contribution in [2.24, 2.45) is 5.14 Å². The minimum Gasteiger partial charge on any atom is -0.243 e. The average molecular weight is 483 g/mol. The van der Waals surface area contributed by atoms with E-state index < -0.39 is 34.3 Å². The highest BCUT2D eigenvalue weighted by molar-refractivity contribution is 9.10. The molecule has 2 N–H and O–H groups in total. The van der Waals surface area contributed by atoms with Gasteiger partial charge in [0.2, 0.25) is 0 Å². The van der Waals surface area contributed by atoms with Crippen LogP contribution < -0.4 is 9.44 Å². The Kier molecular flexibility index (Phi) is 5.23. The van der Waals surface area contributed by atoms with Crippen molar-refractivity contribution in [3.8, 4) is 0 Å². The molecule has 3 aromatic rings. The topological polar surface area (TPSA) is 63.4 Å². The van der Waals surface area contributed by atoms with Crippen molar-refractivity contribution in [1.29, 1.82) is 0 Å². The van der Waals surface area contributed by atoms with E-state index in [-0.39, 0.29) is 10.6 Å². The van der Waals surface area contributed by atoms with Gasteiger partial charge in [-0.15, -0.1) is 11.3 Å². The molecule has 144 valence electrons. The number of thiophene rings is 1. The Bertz CT molecular complexity index is 1110. The number of benzene rings is 2. The highest BCUT2D eigenvalue weighted by Gasteiger charge is 2.34. The number of anilines is 1. The molecule has 0 aliphatic carbocycles. The largest absolute Gasteiger partial charge is 0.419 e. The number of hydrogen-bond acceptors (Lipinski definition) is 3. The minimum absolute atomic E-state index is 0.0536. The quantitative estimate of drug-likeness (QED) is 0.530. The van der Waals surface area contributed by atoms with Gasteiger partial charge in [0, 0.05) is 10.1 Å². The first-order valence-electron chi connectivity index (χ1n) is 7.31. The lowest BCUT2D eigenvalue weighted by atomic mass is 10.1. The van der Waals surface area contributed by atoms with Crippen LogP contribution in [0.15, 0.2) is 46.9 Å². The Labute approximate surface area is 164 Å². The van der Waals surface area contributed by atoms with Crippen molar-refractivity contribution < 1.29 is 26.0 Å². The fraction of sp³-hybridized carbons (Fsp3) is 0.125. The molecule has 0 fully saturated rings. The third-order valence-corrected chi connectivity index (χ3v) is 7.01. The zero-order valence-electron chi connectivity index (χ0n) is 13.3. The summed E-state index contributed by atoms with van der Waals surface area (Å²) in [5.74, 6) is -1.43.